The highest BCUT2D eigenvalue weighted by Gasteiger charge is 2.11. The number of benzene rings is 1. The van der Waals surface area contributed by atoms with Crippen molar-refractivity contribution in [1.29, 1.82) is 0 Å². The third-order valence-electron chi connectivity index (χ3n) is 2.79. The Hall–Kier alpha value is -2.36. The molecule has 0 fully saturated rings. The fraction of sp³-hybridized carbons (Fsp3) is 0.200. The summed E-state index contributed by atoms with van der Waals surface area (Å²) in [7, 11) is 1.34. The van der Waals surface area contributed by atoms with E-state index in [9.17, 15) is 9.59 Å². The van der Waals surface area contributed by atoms with Gasteiger partial charge in [-0.15, -0.1) is 0 Å². The van der Waals surface area contributed by atoms with Gasteiger partial charge in [-0.2, -0.15) is 0 Å². The number of Topliss-reactive ketones (excluding diaryl/α,β-unsaturated/α-hetero) is 1. The Kier molecular flexibility index (Phi) is 3.80. The number of hydrogen-bond donors (Lipinski definition) is 0. The molecule has 0 aliphatic heterocycles. The van der Waals surface area contributed by atoms with Gasteiger partial charge in [0.2, 0.25) is 0 Å². The Bertz CT molecular complexity index is 593. The van der Waals surface area contributed by atoms with E-state index >= 15 is 0 Å². The average molecular weight is 258 g/mol. The second-order valence-electron chi connectivity index (χ2n) is 4.01. The molecule has 2 rings (SSSR count). The lowest BCUT2D eigenvalue weighted by Gasteiger charge is -2.00. The van der Waals surface area contributed by atoms with Gasteiger partial charge in [-0.05, 0) is 24.3 Å². The van der Waals surface area contributed by atoms with E-state index in [1.807, 2.05) is 0 Å². The number of ketones is 1. The summed E-state index contributed by atoms with van der Waals surface area (Å²) in [6.07, 6.45) is 0.411. The summed E-state index contributed by atoms with van der Waals surface area (Å²) in [6.45, 7) is 1.79. The molecule has 0 saturated heterocycles. The van der Waals surface area contributed by atoms with Crippen molar-refractivity contribution in [3.05, 3.63) is 47.7 Å². The zero-order valence-electron chi connectivity index (χ0n) is 10.8. The molecule has 1 aromatic carbocycles. The normalized spacial score (nSPS) is 10.2. The first-order valence-electron chi connectivity index (χ1n) is 5.97. The lowest BCUT2D eigenvalue weighted by atomic mass is 10.1. The maximum Gasteiger partial charge on any atom is 0.337 e. The van der Waals surface area contributed by atoms with Gasteiger partial charge in [-0.1, -0.05) is 19.1 Å². The quantitative estimate of drug-likeness (QED) is 0.623. The van der Waals surface area contributed by atoms with Crippen LogP contribution in [0.1, 0.15) is 34.3 Å². The molecule has 0 unspecified atom stereocenters. The van der Waals surface area contributed by atoms with Crippen LogP contribution in [0.4, 0.5) is 0 Å². The molecule has 19 heavy (non-hydrogen) atoms. The van der Waals surface area contributed by atoms with Gasteiger partial charge in [0.25, 0.3) is 0 Å². The van der Waals surface area contributed by atoms with E-state index in [1.165, 1.54) is 7.11 Å². The summed E-state index contributed by atoms with van der Waals surface area (Å²) < 4.78 is 10.1. The first kappa shape index (κ1) is 13.1. The molecule has 1 aromatic heterocycles. The first-order chi connectivity index (χ1) is 9.15. The highest BCUT2D eigenvalue weighted by atomic mass is 16.5. The minimum absolute atomic E-state index is 0.0302. The molecule has 0 spiro atoms. The third-order valence-corrected chi connectivity index (χ3v) is 2.79. The maximum atomic E-state index is 11.5. The number of methoxy groups -OCH3 is 1. The Labute approximate surface area is 111 Å². The molecule has 98 valence electrons. The van der Waals surface area contributed by atoms with E-state index in [0.29, 0.717) is 23.5 Å². The van der Waals surface area contributed by atoms with Gasteiger partial charge in [0.1, 0.15) is 5.76 Å². The van der Waals surface area contributed by atoms with Crippen LogP contribution in [0, 0.1) is 0 Å². The van der Waals surface area contributed by atoms with Gasteiger partial charge in [0, 0.05) is 12.0 Å². The smallest absolute Gasteiger partial charge is 0.337 e. The highest BCUT2D eigenvalue weighted by molar-refractivity contribution is 5.94. The van der Waals surface area contributed by atoms with Crippen molar-refractivity contribution >= 4 is 11.8 Å². The summed E-state index contributed by atoms with van der Waals surface area (Å²) in [5.41, 5.74) is 1.28. The number of rotatable bonds is 4. The predicted octanol–water partition coefficient (Wildman–Crippen LogP) is 3.33. The molecule has 0 bridgehead atoms. The Morgan fingerprint density at radius 2 is 1.79 bits per heavy atom. The van der Waals surface area contributed by atoms with Gasteiger partial charge in [-0.3, -0.25) is 4.79 Å². The number of carbonyl (C=O) groups excluding carboxylic acids is 2. The van der Waals surface area contributed by atoms with Gasteiger partial charge >= 0.3 is 5.97 Å². The molecule has 2 aromatic rings. The minimum Gasteiger partial charge on any atom is -0.465 e. The van der Waals surface area contributed by atoms with Crippen LogP contribution in [0.5, 0.6) is 0 Å². The van der Waals surface area contributed by atoms with Gasteiger partial charge < -0.3 is 9.15 Å². The van der Waals surface area contributed by atoms with E-state index < -0.39 is 0 Å². The van der Waals surface area contributed by atoms with Crippen molar-refractivity contribution in [3.8, 4) is 11.3 Å². The lowest BCUT2D eigenvalue weighted by molar-refractivity contribution is 0.0600. The second kappa shape index (κ2) is 5.52. The summed E-state index contributed by atoms with van der Waals surface area (Å²) >= 11 is 0. The number of furan rings is 1. The van der Waals surface area contributed by atoms with Crippen LogP contribution < -0.4 is 0 Å². The van der Waals surface area contributed by atoms with Gasteiger partial charge in [0.05, 0.1) is 12.7 Å². The molecule has 0 saturated carbocycles. The molecule has 0 amide bonds. The monoisotopic (exact) mass is 258 g/mol. The summed E-state index contributed by atoms with van der Waals surface area (Å²) in [5, 5.41) is 0. The Morgan fingerprint density at radius 1 is 1.11 bits per heavy atom. The number of ether oxygens (including phenoxy) is 1. The molecule has 4 heteroatoms. The first-order valence-corrected chi connectivity index (χ1v) is 5.97. The van der Waals surface area contributed by atoms with Crippen LogP contribution in [-0.4, -0.2) is 18.9 Å². The van der Waals surface area contributed by atoms with Gasteiger partial charge in [-0.25, -0.2) is 4.79 Å². The molecule has 0 aliphatic carbocycles. The largest absolute Gasteiger partial charge is 0.465 e. The molecular weight excluding hydrogens is 244 g/mol. The molecule has 0 N–H and O–H groups in total. The fourth-order valence-electron chi connectivity index (χ4n) is 1.71. The van der Waals surface area contributed by atoms with Crippen LogP contribution in [0.3, 0.4) is 0 Å². The van der Waals surface area contributed by atoms with Crippen molar-refractivity contribution < 1.29 is 18.7 Å². The van der Waals surface area contributed by atoms with Crippen LogP contribution >= 0.6 is 0 Å². The molecule has 0 atom stereocenters. The summed E-state index contributed by atoms with van der Waals surface area (Å²) in [6, 6.07) is 10.2. The molecule has 1 heterocycles. The van der Waals surface area contributed by atoms with E-state index in [2.05, 4.69) is 4.74 Å². The van der Waals surface area contributed by atoms with E-state index in [-0.39, 0.29) is 11.8 Å². The maximum absolute atomic E-state index is 11.5. The van der Waals surface area contributed by atoms with Crippen molar-refractivity contribution in [2.24, 2.45) is 0 Å². The average Bonchev–Trinajstić information content (AvgIpc) is 2.95. The topological polar surface area (TPSA) is 56.5 Å². The predicted molar refractivity (Wildman–Crippen MR) is 70.1 cm³/mol. The van der Waals surface area contributed by atoms with Crippen molar-refractivity contribution in [2.75, 3.05) is 7.11 Å². The lowest BCUT2D eigenvalue weighted by Crippen LogP contribution is -2.00. The Morgan fingerprint density at radius 3 is 2.37 bits per heavy atom. The Balaban J connectivity index is 2.25. The molecule has 0 aliphatic rings. The molecular formula is C15H14O4. The van der Waals surface area contributed by atoms with E-state index in [0.717, 1.165) is 5.56 Å². The third kappa shape index (κ3) is 2.73. The molecule has 0 radical (unpaired) electrons. The zero-order valence-corrected chi connectivity index (χ0v) is 10.8. The highest BCUT2D eigenvalue weighted by Crippen LogP contribution is 2.23. The fourth-order valence-corrected chi connectivity index (χ4v) is 1.71. The van der Waals surface area contributed by atoms with E-state index in [4.69, 9.17) is 4.42 Å². The SMILES string of the molecule is CCC(=O)c1ccc(-c2ccc(C(=O)OC)cc2)o1. The second-order valence-corrected chi connectivity index (χ2v) is 4.01. The van der Waals surface area contributed by atoms with Gasteiger partial charge in [0.15, 0.2) is 11.5 Å². The molecule has 4 nitrogen and oxygen atoms in total. The van der Waals surface area contributed by atoms with Crippen LogP contribution in [0.15, 0.2) is 40.8 Å². The number of esters is 1. The van der Waals surface area contributed by atoms with Crippen LogP contribution in [0.25, 0.3) is 11.3 Å². The van der Waals surface area contributed by atoms with Crippen molar-refractivity contribution in [2.45, 2.75) is 13.3 Å². The number of carbonyl (C=O) groups is 2. The van der Waals surface area contributed by atoms with Crippen LogP contribution in [-0.2, 0) is 4.74 Å². The van der Waals surface area contributed by atoms with Crippen LogP contribution in [0.2, 0.25) is 0 Å². The standard InChI is InChI=1S/C15H14O4/c1-3-12(16)14-9-8-13(19-14)10-4-6-11(7-5-10)15(17)18-2/h4-9H,3H2,1-2H3. The summed E-state index contributed by atoms with van der Waals surface area (Å²) in [5.74, 6) is 0.549. The number of hydrogen-bond acceptors (Lipinski definition) is 4. The zero-order chi connectivity index (χ0) is 13.8. The summed E-state index contributed by atoms with van der Waals surface area (Å²) in [4.78, 5) is 22.8. The van der Waals surface area contributed by atoms with Crippen molar-refractivity contribution in [3.63, 3.8) is 0 Å². The minimum atomic E-state index is -0.382. The van der Waals surface area contributed by atoms with Crippen molar-refractivity contribution in [1.82, 2.24) is 0 Å². The van der Waals surface area contributed by atoms with E-state index in [1.54, 1.807) is 43.3 Å².